The predicted molar refractivity (Wildman–Crippen MR) is 68.1 cm³/mol. The normalized spacial score (nSPS) is 20.1. The summed E-state index contributed by atoms with van der Waals surface area (Å²) in [7, 11) is 0. The number of hydrogen-bond acceptors (Lipinski definition) is 2. The van der Waals surface area contributed by atoms with Gasteiger partial charge in [-0.15, -0.1) is 11.6 Å². The number of alkyl halides is 1. The van der Waals surface area contributed by atoms with Crippen molar-refractivity contribution in [2.75, 3.05) is 12.4 Å². The molecule has 0 spiro atoms. The van der Waals surface area contributed by atoms with Gasteiger partial charge < -0.3 is 4.90 Å². The molecule has 5 heteroatoms. The highest BCUT2D eigenvalue weighted by Gasteiger charge is 2.26. The van der Waals surface area contributed by atoms with E-state index >= 15 is 0 Å². The summed E-state index contributed by atoms with van der Waals surface area (Å²) < 4.78 is 0. The molecule has 98 valence electrons. The lowest BCUT2D eigenvalue weighted by atomic mass is 9.99. The third kappa shape index (κ3) is 4.54. The Morgan fingerprint density at radius 1 is 1.41 bits per heavy atom. The number of rotatable bonds is 4. The van der Waals surface area contributed by atoms with Crippen molar-refractivity contribution in [1.29, 1.82) is 0 Å². The molecule has 1 heterocycles. The minimum atomic E-state index is -0.286. The second-order valence-corrected chi connectivity index (χ2v) is 4.80. The lowest BCUT2D eigenvalue weighted by Crippen LogP contribution is -2.50. The van der Waals surface area contributed by atoms with Crippen LogP contribution in [0.4, 0.5) is 4.79 Å². The number of carbonyl (C=O) groups is 2. The smallest absolute Gasteiger partial charge is 0.321 e. The molecule has 0 aromatic rings. The van der Waals surface area contributed by atoms with Crippen LogP contribution in [0.2, 0.25) is 0 Å². The number of hydrogen-bond donors (Lipinski definition) is 1. The van der Waals surface area contributed by atoms with Crippen LogP contribution in [0.5, 0.6) is 0 Å². The third-order valence-electron chi connectivity index (χ3n) is 3.08. The first-order valence-electron chi connectivity index (χ1n) is 6.35. The Bertz CT molecular complexity index is 269. The zero-order valence-corrected chi connectivity index (χ0v) is 11.1. The summed E-state index contributed by atoms with van der Waals surface area (Å²) in [5, 5.41) is 2.40. The average molecular weight is 261 g/mol. The molecule has 0 bridgehead atoms. The predicted octanol–water partition coefficient (Wildman–Crippen LogP) is 2.51. The second-order valence-electron chi connectivity index (χ2n) is 4.42. The minimum Gasteiger partial charge on any atom is -0.321 e. The molecule has 0 aliphatic carbocycles. The van der Waals surface area contributed by atoms with Gasteiger partial charge in [-0.05, 0) is 25.7 Å². The number of urea groups is 1. The molecule has 0 aromatic carbocycles. The van der Waals surface area contributed by atoms with E-state index in [0.717, 1.165) is 32.2 Å². The van der Waals surface area contributed by atoms with Crippen molar-refractivity contribution >= 4 is 23.5 Å². The first-order valence-corrected chi connectivity index (χ1v) is 6.89. The minimum absolute atomic E-state index is 0.194. The molecule has 17 heavy (non-hydrogen) atoms. The van der Waals surface area contributed by atoms with Crippen molar-refractivity contribution < 1.29 is 9.59 Å². The Morgan fingerprint density at radius 3 is 2.82 bits per heavy atom. The fourth-order valence-electron chi connectivity index (χ4n) is 2.24. The molecular formula is C12H21ClN2O2. The number of imide groups is 1. The molecule has 1 unspecified atom stereocenters. The SMILES string of the molecule is CCCC1CCCCN1C(=O)NC(=O)CCCl. The van der Waals surface area contributed by atoms with Gasteiger partial charge in [0, 0.05) is 24.9 Å². The van der Waals surface area contributed by atoms with E-state index in [2.05, 4.69) is 12.2 Å². The van der Waals surface area contributed by atoms with Crippen LogP contribution in [0.1, 0.15) is 45.4 Å². The first-order chi connectivity index (χ1) is 8.19. The Labute approximate surface area is 108 Å². The van der Waals surface area contributed by atoms with Crippen LogP contribution in [-0.2, 0) is 4.79 Å². The number of nitrogens with one attached hydrogen (secondary N) is 1. The first kappa shape index (κ1) is 14.3. The van der Waals surface area contributed by atoms with Crippen molar-refractivity contribution in [2.45, 2.75) is 51.5 Å². The zero-order chi connectivity index (χ0) is 12.7. The fourth-order valence-corrected chi connectivity index (χ4v) is 2.41. The topological polar surface area (TPSA) is 49.4 Å². The van der Waals surface area contributed by atoms with E-state index in [-0.39, 0.29) is 30.3 Å². The number of likely N-dealkylation sites (tertiary alicyclic amines) is 1. The average Bonchev–Trinajstić information content (AvgIpc) is 2.30. The zero-order valence-electron chi connectivity index (χ0n) is 10.4. The summed E-state index contributed by atoms with van der Waals surface area (Å²) in [6, 6.07) is 0.0378. The van der Waals surface area contributed by atoms with Crippen molar-refractivity contribution in [3.63, 3.8) is 0 Å². The number of carbonyl (C=O) groups excluding carboxylic acids is 2. The standard InChI is InChI=1S/C12H21ClN2O2/c1-2-5-10-6-3-4-9-15(10)12(17)14-11(16)7-8-13/h10H,2-9H2,1H3,(H,14,16,17). The van der Waals surface area contributed by atoms with Crippen molar-refractivity contribution in [3.8, 4) is 0 Å². The number of amides is 3. The molecular weight excluding hydrogens is 240 g/mol. The van der Waals surface area contributed by atoms with Gasteiger partial charge in [0.1, 0.15) is 0 Å². The van der Waals surface area contributed by atoms with Gasteiger partial charge in [0.2, 0.25) is 5.91 Å². The van der Waals surface area contributed by atoms with Gasteiger partial charge in [-0.25, -0.2) is 4.79 Å². The lowest BCUT2D eigenvalue weighted by molar-refractivity contribution is -0.119. The van der Waals surface area contributed by atoms with E-state index in [0.29, 0.717) is 0 Å². The van der Waals surface area contributed by atoms with Crippen LogP contribution in [0.3, 0.4) is 0 Å². The molecule has 3 amide bonds. The van der Waals surface area contributed by atoms with Crippen LogP contribution in [-0.4, -0.2) is 35.3 Å². The highest BCUT2D eigenvalue weighted by molar-refractivity contribution is 6.19. The van der Waals surface area contributed by atoms with E-state index in [9.17, 15) is 9.59 Å². The molecule has 1 N–H and O–H groups in total. The van der Waals surface area contributed by atoms with Crippen LogP contribution in [0, 0.1) is 0 Å². The molecule has 1 atom stereocenters. The van der Waals surface area contributed by atoms with Gasteiger partial charge >= 0.3 is 6.03 Å². The van der Waals surface area contributed by atoms with E-state index in [1.54, 1.807) is 4.90 Å². The summed E-state index contributed by atoms with van der Waals surface area (Å²) >= 11 is 5.46. The quantitative estimate of drug-likeness (QED) is 0.790. The summed E-state index contributed by atoms with van der Waals surface area (Å²) in [4.78, 5) is 25.0. The molecule has 1 saturated heterocycles. The number of nitrogens with zero attached hydrogens (tertiary/aromatic N) is 1. The summed E-state index contributed by atoms with van der Waals surface area (Å²) in [5.41, 5.74) is 0. The summed E-state index contributed by atoms with van der Waals surface area (Å²) in [6.45, 7) is 2.87. The lowest BCUT2D eigenvalue weighted by Gasteiger charge is -2.35. The van der Waals surface area contributed by atoms with Crippen molar-refractivity contribution in [2.24, 2.45) is 0 Å². The van der Waals surface area contributed by atoms with E-state index in [1.165, 1.54) is 6.42 Å². The molecule has 1 aliphatic heterocycles. The van der Waals surface area contributed by atoms with Gasteiger partial charge in [0.15, 0.2) is 0 Å². The maximum atomic E-state index is 11.9. The van der Waals surface area contributed by atoms with Gasteiger partial charge in [0.25, 0.3) is 0 Å². The van der Waals surface area contributed by atoms with Crippen LogP contribution in [0.25, 0.3) is 0 Å². The van der Waals surface area contributed by atoms with E-state index < -0.39 is 0 Å². The van der Waals surface area contributed by atoms with Crippen LogP contribution in [0.15, 0.2) is 0 Å². The highest BCUT2D eigenvalue weighted by Crippen LogP contribution is 2.20. The number of halogens is 1. The Balaban J connectivity index is 2.49. The molecule has 1 aliphatic rings. The maximum Gasteiger partial charge on any atom is 0.324 e. The molecule has 0 aromatic heterocycles. The Morgan fingerprint density at radius 2 is 2.18 bits per heavy atom. The molecule has 0 saturated carbocycles. The van der Waals surface area contributed by atoms with Crippen molar-refractivity contribution in [3.05, 3.63) is 0 Å². The molecule has 1 fully saturated rings. The Kier molecular flexibility index (Phi) is 6.34. The van der Waals surface area contributed by atoms with Gasteiger partial charge in [-0.3, -0.25) is 10.1 Å². The largest absolute Gasteiger partial charge is 0.324 e. The van der Waals surface area contributed by atoms with Crippen molar-refractivity contribution in [1.82, 2.24) is 10.2 Å². The highest BCUT2D eigenvalue weighted by atomic mass is 35.5. The number of piperidine rings is 1. The van der Waals surface area contributed by atoms with Gasteiger partial charge in [0.05, 0.1) is 0 Å². The molecule has 0 radical (unpaired) electrons. The Hall–Kier alpha value is -0.770. The van der Waals surface area contributed by atoms with Crippen LogP contribution >= 0.6 is 11.6 Å². The van der Waals surface area contributed by atoms with Gasteiger partial charge in [-0.1, -0.05) is 13.3 Å². The maximum absolute atomic E-state index is 11.9. The van der Waals surface area contributed by atoms with E-state index in [1.807, 2.05) is 0 Å². The summed E-state index contributed by atoms with van der Waals surface area (Å²) in [6.07, 6.45) is 5.51. The van der Waals surface area contributed by atoms with Gasteiger partial charge in [-0.2, -0.15) is 0 Å². The molecule has 4 nitrogen and oxygen atoms in total. The summed E-state index contributed by atoms with van der Waals surface area (Å²) in [5.74, 6) is -0.0388. The fraction of sp³-hybridized carbons (Fsp3) is 0.833. The van der Waals surface area contributed by atoms with E-state index in [4.69, 9.17) is 11.6 Å². The monoisotopic (exact) mass is 260 g/mol. The third-order valence-corrected chi connectivity index (χ3v) is 3.27. The van der Waals surface area contributed by atoms with Crippen LogP contribution < -0.4 is 5.32 Å². The molecule has 1 rings (SSSR count). The second kappa shape index (κ2) is 7.54.